The number of fused-ring (bicyclic) bond motifs is 1. The molecule has 2 N–H and O–H groups in total. The zero-order chi connectivity index (χ0) is 15.2. The molecule has 0 fully saturated rings. The molecule has 0 unspecified atom stereocenters. The number of hydrogen-bond donors (Lipinski definition) is 2. The lowest BCUT2D eigenvalue weighted by Gasteiger charge is -2.11. The van der Waals surface area contributed by atoms with Gasteiger partial charge in [-0.3, -0.25) is 4.99 Å². The van der Waals surface area contributed by atoms with E-state index in [9.17, 15) is 0 Å². The number of nitrogens with zero attached hydrogens (tertiary/aromatic N) is 2. The van der Waals surface area contributed by atoms with Crippen molar-refractivity contribution < 1.29 is 4.42 Å². The fourth-order valence-electron chi connectivity index (χ4n) is 2.34. The van der Waals surface area contributed by atoms with E-state index in [1.807, 2.05) is 48.8 Å². The molecular weight excluding hydrogens is 276 g/mol. The normalized spacial score (nSPS) is 11.8. The molecule has 0 aliphatic carbocycles. The summed E-state index contributed by atoms with van der Waals surface area (Å²) in [7, 11) is 1.77. The fraction of sp³-hybridized carbons (Fsp3) is 0.235. The third kappa shape index (κ3) is 3.49. The monoisotopic (exact) mass is 296 g/mol. The van der Waals surface area contributed by atoms with Gasteiger partial charge in [0.05, 0.1) is 6.54 Å². The van der Waals surface area contributed by atoms with E-state index in [0.29, 0.717) is 6.54 Å². The molecule has 114 valence electrons. The number of guanidine groups is 1. The maximum absolute atomic E-state index is 5.78. The van der Waals surface area contributed by atoms with Crippen molar-refractivity contribution in [2.75, 3.05) is 13.6 Å². The van der Waals surface area contributed by atoms with E-state index in [-0.39, 0.29) is 0 Å². The standard InChI is InChI=1S/C17H20N4O/c1-18-17(19-8-11-21-9-4-5-10-21)20-13-15-12-14-6-2-3-7-16(14)22-15/h2-7,9-10,12H,8,11,13H2,1H3,(H2,18,19,20). The lowest BCUT2D eigenvalue weighted by molar-refractivity contribution is 0.537. The maximum atomic E-state index is 5.78. The molecule has 3 aromatic rings. The number of benzene rings is 1. The molecular formula is C17H20N4O. The van der Waals surface area contributed by atoms with E-state index < -0.39 is 0 Å². The van der Waals surface area contributed by atoms with Crippen molar-refractivity contribution in [3.63, 3.8) is 0 Å². The highest BCUT2D eigenvalue weighted by Gasteiger charge is 2.04. The number of aliphatic imine (C=N–C) groups is 1. The lowest BCUT2D eigenvalue weighted by atomic mass is 10.2. The van der Waals surface area contributed by atoms with Crippen LogP contribution in [0, 0.1) is 0 Å². The van der Waals surface area contributed by atoms with E-state index in [2.05, 4.69) is 26.3 Å². The topological polar surface area (TPSA) is 54.5 Å². The van der Waals surface area contributed by atoms with E-state index in [1.165, 1.54) is 0 Å². The summed E-state index contributed by atoms with van der Waals surface area (Å²) in [4.78, 5) is 4.22. The summed E-state index contributed by atoms with van der Waals surface area (Å²) < 4.78 is 7.90. The highest BCUT2D eigenvalue weighted by Crippen LogP contribution is 2.18. The van der Waals surface area contributed by atoms with Crippen LogP contribution in [0.5, 0.6) is 0 Å². The van der Waals surface area contributed by atoms with E-state index in [0.717, 1.165) is 35.8 Å². The molecule has 0 saturated heterocycles. The smallest absolute Gasteiger partial charge is 0.191 e. The number of hydrogen-bond acceptors (Lipinski definition) is 2. The summed E-state index contributed by atoms with van der Waals surface area (Å²) in [5.74, 6) is 1.67. The van der Waals surface area contributed by atoms with Crippen LogP contribution in [0.3, 0.4) is 0 Å². The third-order valence-electron chi connectivity index (χ3n) is 3.46. The van der Waals surface area contributed by atoms with Gasteiger partial charge in [-0.2, -0.15) is 0 Å². The zero-order valence-corrected chi connectivity index (χ0v) is 12.6. The first-order chi connectivity index (χ1) is 10.8. The first-order valence-corrected chi connectivity index (χ1v) is 7.38. The van der Waals surface area contributed by atoms with Gasteiger partial charge in [0.1, 0.15) is 11.3 Å². The highest BCUT2D eigenvalue weighted by atomic mass is 16.3. The molecule has 0 saturated carbocycles. The molecule has 0 bridgehead atoms. The second-order valence-electron chi connectivity index (χ2n) is 5.02. The minimum absolute atomic E-state index is 0.609. The van der Waals surface area contributed by atoms with Crippen LogP contribution < -0.4 is 10.6 Å². The minimum atomic E-state index is 0.609. The van der Waals surface area contributed by atoms with Crippen LogP contribution in [0.1, 0.15) is 5.76 Å². The molecule has 0 aliphatic rings. The van der Waals surface area contributed by atoms with Crippen molar-refractivity contribution in [3.05, 3.63) is 60.6 Å². The lowest BCUT2D eigenvalue weighted by Crippen LogP contribution is -2.38. The summed E-state index contributed by atoms with van der Waals surface area (Å²) in [5, 5.41) is 7.67. The van der Waals surface area contributed by atoms with Crippen molar-refractivity contribution in [1.29, 1.82) is 0 Å². The Kier molecular flexibility index (Phi) is 4.44. The fourth-order valence-corrected chi connectivity index (χ4v) is 2.34. The molecule has 3 rings (SSSR count). The second-order valence-corrected chi connectivity index (χ2v) is 5.02. The molecule has 0 aliphatic heterocycles. The molecule has 22 heavy (non-hydrogen) atoms. The summed E-state index contributed by atoms with van der Waals surface area (Å²) in [6.07, 6.45) is 4.10. The van der Waals surface area contributed by atoms with Gasteiger partial charge in [-0.25, -0.2) is 0 Å². The summed E-state index contributed by atoms with van der Waals surface area (Å²) in [5.41, 5.74) is 0.912. The van der Waals surface area contributed by atoms with Crippen molar-refractivity contribution in [2.24, 2.45) is 4.99 Å². The average molecular weight is 296 g/mol. The molecule has 0 radical (unpaired) electrons. The Hall–Kier alpha value is -2.69. The van der Waals surface area contributed by atoms with Gasteiger partial charge in [-0.05, 0) is 24.3 Å². The predicted octanol–water partition coefficient (Wildman–Crippen LogP) is 2.60. The molecule has 5 nitrogen and oxygen atoms in total. The van der Waals surface area contributed by atoms with Gasteiger partial charge in [0.25, 0.3) is 0 Å². The van der Waals surface area contributed by atoms with Gasteiger partial charge in [-0.15, -0.1) is 0 Å². The Labute approximate surface area is 129 Å². The van der Waals surface area contributed by atoms with Crippen LogP contribution in [0.4, 0.5) is 0 Å². The van der Waals surface area contributed by atoms with Gasteiger partial charge < -0.3 is 19.6 Å². The first kappa shape index (κ1) is 14.3. The van der Waals surface area contributed by atoms with Crippen LogP contribution >= 0.6 is 0 Å². The molecule has 2 aromatic heterocycles. The Balaban J connectivity index is 1.50. The Morgan fingerprint density at radius 2 is 1.95 bits per heavy atom. The van der Waals surface area contributed by atoms with Gasteiger partial charge >= 0.3 is 0 Å². The number of rotatable bonds is 5. The van der Waals surface area contributed by atoms with E-state index in [1.54, 1.807) is 7.05 Å². The number of nitrogens with one attached hydrogen (secondary N) is 2. The third-order valence-corrected chi connectivity index (χ3v) is 3.46. The largest absolute Gasteiger partial charge is 0.459 e. The van der Waals surface area contributed by atoms with Crippen LogP contribution in [0.15, 0.2) is 64.3 Å². The van der Waals surface area contributed by atoms with E-state index in [4.69, 9.17) is 4.42 Å². The second kappa shape index (κ2) is 6.85. The van der Waals surface area contributed by atoms with Gasteiger partial charge in [0, 0.05) is 37.9 Å². The SMILES string of the molecule is CN=C(NCCn1cccc1)NCc1cc2ccccc2o1. The van der Waals surface area contributed by atoms with Crippen molar-refractivity contribution in [2.45, 2.75) is 13.1 Å². The number of para-hydroxylation sites is 1. The molecule has 1 aromatic carbocycles. The quantitative estimate of drug-likeness (QED) is 0.562. The molecule has 0 atom stereocenters. The van der Waals surface area contributed by atoms with Crippen molar-refractivity contribution >= 4 is 16.9 Å². The van der Waals surface area contributed by atoms with Crippen molar-refractivity contribution in [3.8, 4) is 0 Å². The van der Waals surface area contributed by atoms with Crippen molar-refractivity contribution in [1.82, 2.24) is 15.2 Å². The van der Waals surface area contributed by atoms with Crippen LogP contribution in [-0.2, 0) is 13.1 Å². The Bertz CT molecular complexity index is 710. The van der Waals surface area contributed by atoms with Crippen LogP contribution in [0.2, 0.25) is 0 Å². The summed E-state index contributed by atoms with van der Waals surface area (Å²) in [6, 6.07) is 14.1. The van der Waals surface area contributed by atoms with Gasteiger partial charge in [0.15, 0.2) is 5.96 Å². The summed E-state index contributed by atoms with van der Waals surface area (Å²) in [6.45, 7) is 2.32. The molecule has 5 heteroatoms. The minimum Gasteiger partial charge on any atom is -0.459 e. The number of aromatic nitrogens is 1. The average Bonchev–Trinajstić information content (AvgIpc) is 3.19. The first-order valence-electron chi connectivity index (χ1n) is 7.38. The summed E-state index contributed by atoms with van der Waals surface area (Å²) >= 11 is 0. The number of furan rings is 1. The maximum Gasteiger partial charge on any atom is 0.191 e. The molecule has 2 heterocycles. The van der Waals surface area contributed by atoms with Crippen LogP contribution in [-0.4, -0.2) is 24.1 Å². The van der Waals surface area contributed by atoms with Gasteiger partial charge in [0.2, 0.25) is 0 Å². The van der Waals surface area contributed by atoms with E-state index >= 15 is 0 Å². The zero-order valence-electron chi connectivity index (χ0n) is 12.6. The molecule has 0 spiro atoms. The highest BCUT2D eigenvalue weighted by molar-refractivity contribution is 5.80. The van der Waals surface area contributed by atoms with Gasteiger partial charge in [-0.1, -0.05) is 18.2 Å². The predicted molar refractivity (Wildman–Crippen MR) is 88.8 cm³/mol. The Morgan fingerprint density at radius 1 is 1.14 bits per heavy atom. The molecule has 0 amide bonds. The Morgan fingerprint density at radius 3 is 2.73 bits per heavy atom. The van der Waals surface area contributed by atoms with Crippen LogP contribution in [0.25, 0.3) is 11.0 Å².